The van der Waals surface area contributed by atoms with E-state index in [0.717, 1.165) is 0 Å². The van der Waals surface area contributed by atoms with E-state index in [-0.39, 0.29) is 18.4 Å². The molecule has 1 aromatic rings. The predicted octanol–water partition coefficient (Wildman–Crippen LogP) is 1.72. The molecule has 4 unspecified atom stereocenters. The van der Waals surface area contributed by atoms with Crippen LogP contribution < -0.4 is 5.56 Å². The van der Waals surface area contributed by atoms with Crippen LogP contribution in [0.1, 0.15) is 63.8 Å². The van der Waals surface area contributed by atoms with Gasteiger partial charge < -0.3 is 34.5 Å². The van der Waals surface area contributed by atoms with E-state index in [1.54, 1.807) is 26.8 Å². The Morgan fingerprint density at radius 3 is 2.52 bits per heavy atom. The van der Waals surface area contributed by atoms with Crippen molar-refractivity contribution in [1.29, 1.82) is 0 Å². The second-order valence-electron chi connectivity index (χ2n) is 7.93. The van der Waals surface area contributed by atoms with Crippen molar-refractivity contribution in [2.24, 2.45) is 0 Å². The summed E-state index contributed by atoms with van der Waals surface area (Å²) in [5, 5.41) is 30.9. The highest BCUT2D eigenvalue weighted by Gasteiger charge is 2.48. The summed E-state index contributed by atoms with van der Waals surface area (Å²) in [6, 6.07) is 2.86. The predicted molar refractivity (Wildman–Crippen MR) is 107 cm³/mol. The molecule has 1 aliphatic rings. The lowest BCUT2D eigenvalue weighted by molar-refractivity contribution is -0.0513. The van der Waals surface area contributed by atoms with Gasteiger partial charge in [0.2, 0.25) is 5.56 Å². The second-order valence-corrected chi connectivity index (χ2v) is 9.83. The third kappa shape index (κ3) is 5.55. The van der Waals surface area contributed by atoms with Gasteiger partial charge in [0.05, 0.1) is 11.7 Å². The van der Waals surface area contributed by atoms with Crippen LogP contribution in [0.5, 0.6) is 0 Å². The molecule has 29 heavy (non-hydrogen) atoms. The van der Waals surface area contributed by atoms with Crippen LogP contribution in [-0.2, 0) is 13.8 Å². The molecule has 1 fully saturated rings. The summed E-state index contributed by atoms with van der Waals surface area (Å²) in [4.78, 5) is 24.2. The number of ether oxygens (including phenoxy) is 1. The zero-order chi connectivity index (χ0) is 22.0. The summed E-state index contributed by atoms with van der Waals surface area (Å²) in [6.07, 6.45) is -3.09. The van der Waals surface area contributed by atoms with Crippen molar-refractivity contribution in [3.05, 3.63) is 33.7 Å². The van der Waals surface area contributed by atoms with Crippen LogP contribution in [0.15, 0.2) is 16.9 Å². The SMILES string of the molecule is CCCC(C)(C[C@H]1O[C@@H](c2ccc(=O)[nH]c2C)[C@@H](O)C1O)OP(=O)(O)C(O)CC. The first-order valence-electron chi connectivity index (χ1n) is 9.86. The van der Waals surface area contributed by atoms with Crippen LogP contribution in [0, 0.1) is 6.92 Å². The molecule has 2 heterocycles. The normalized spacial score (nSPS) is 29.9. The third-order valence-electron chi connectivity index (χ3n) is 5.33. The van der Waals surface area contributed by atoms with E-state index in [0.29, 0.717) is 24.1 Å². The molecule has 0 amide bonds. The van der Waals surface area contributed by atoms with Gasteiger partial charge in [-0.2, -0.15) is 0 Å². The molecule has 0 radical (unpaired) electrons. The Morgan fingerprint density at radius 1 is 1.31 bits per heavy atom. The summed E-state index contributed by atoms with van der Waals surface area (Å²) >= 11 is 0. The summed E-state index contributed by atoms with van der Waals surface area (Å²) in [5.74, 6) is -1.50. The van der Waals surface area contributed by atoms with Crippen molar-refractivity contribution < 1.29 is 34.0 Å². The number of H-pyrrole nitrogens is 1. The van der Waals surface area contributed by atoms with Crippen LogP contribution in [0.3, 0.4) is 0 Å². The molecular weight excluding hydrogens is 401 g/mol. The molecule has 7 atom stereocenters. The molecule has 1 saturated heterocycles. The van der Waals surface area contributed by atoms with Crippen molar-refractivity contribution in [3.8, 4) is 0 Å². The molecule has 0 spiro atoms. The monoisotopic (exact) mass is 433 g/mol. The highest BCUT2D eigenvalue weighted by atomic mass is 31.2. The van der Waals surface area contributed by atoms with Gasteiger partial charge in [-0.15, -0.1) is 0 Å². The first-order chi connectivity index (χ1) is 13.4. The van der Waals surface area contributed by atoms with E-state index in [2.05, 4.69) is 4.98 Å². The van der Waals surface area contributed by atoms with Gasteiger partial charge in [0.1, 0.15) is 18.3 Å². The Bertz CT molecular complexity index is 799. The maximum absolute atomic E-state index is 12.4. The van der Waals surface area contributed by atoms with Crippen molar-refractivity contribution in [3.63, 3.8) is 0 Å². The number of aromatic amines is 1. The van der Waals surface area contributed by atoms with E-state index in [1.807, 2.05) is 6.92 Å². The minimum Gasteiger partial charge on any atom is -0.388 e. The third-order valence-corrected chi connectivity index (χ3v) is 7.15. The average molecular weight is 433 g/mol. The van der Waals surface area contributed by atoms with Gasteiger partial charge in [-0.25, -0.2) is 0 Å². The van der Waals surface area contributed by atoms with E-state index >= 15 is 0 Å². The van der Waals surface area contributed by atoms with Gasteiger partial charge in [0.25, 0.3) is 0 Å². The van der Waals surface area contributed by atoms with Gasteiger partial charge in [0.15, 0.2) is 5.85 Å². The summed E-state index contributed by atoms with van der Waals surface area (Å²) < 4.78 is 23.8. The Hall–Kier alpha value is -1.06. The number of hydrogen-bond acceptors (Lipinski definition) is 7. The number of aliphatic hydroxyl groups is 3. The Balaban J connectivity index is 2.23. The molecule has 0 saturated carbocycles. The molecular formula is C19H32NO8P. The lowest BCUT2D eigenvalue weighted by Gasteiger charge is -2.35. The zero-order valence-corrected chi connectivity index (χ0v) is 18.1. The zero-order valence-electron chi connectivity index (χ0n) is 17.2. The fourth-order valence-corrected chi connectivity index (χ4v) is 5.20. The molecule has 9 nitrogen and oxygen atoms in total. The largest absolute Gasteiger partial charge is 0.388 e. The minimum absolute atomic E-state index is 0.0406. The minimum atomic E-state index is -4.30. The average Bonchev–Trinajstić information content (AvgIpc) is 2.88. The second kappa shape index (κ2) is 9.39. The van der Waals surface area contributed by atoms with Gasteiger partial charge in [-0.05, 0) is 32.8 Å². The van der Waals surface area contributed by atoms with Crippen molar-refractivity contribution in [1.82, 2.24) is 4.98 Å². The fraction of sp³-hybridized carbons (Fsp3) is 0.737. The first kappa shape index (κ1) is 24.2. The molecule has 2 rings (SSSR count). The number of pyridine rings is 1. The maximum Gasteiger partial charge on any atom is 0.356 e. The lowest BCUT2D eigenvalue weighted by atomic mass is 9.90. The van der Waals surface area contributed by atoms with E-state index < -0.39 is 43.5 Å². The van der Waals surface area contributed by atoms with Crippen LogP contribution in [-0.4, -0.2) is 55.0 Å². The van der Waals surface area contributed by atoms with Crippen molar-refractivity contribution in [2.45, 2.75) is 89.2 Å². The molecule has 0 bridgehead atoms. The number of hydrogen-bond donors (Lipinski definition) is 5. The van der Waals surface area contributed by atoms with Crippen molar-refractivity contribution >= 4 is 7.60 Å². The lowest BCUT2D eigenvalue weighted by Crippen LogP contribution is -2.39. The van der Waals surface area contributed by atoms with Crippen LogP contribution in [0.25, 0.3) is 0 Å². The quantitative estimate of drug-likeness (QED) is 0.370. The molecule has 166 valence electrons. The molecule has 0 aromatic carbocycles. The van der Waals surface area contributed by atoms with Gasteiger partial charge >= 0.3 is 7.60 Å². The summed E-state index contributed by atoms with van der Waals surface area (Å²) in [6.45, 7) is 6.76. The smallest absolute Gasteiger partial charge is 0.356 e. The van der Waals surface area contributed by atoms with E-state index in [9.17, 15) is 29.6 Å². The summed E-state index contributed by atoms with van der Waals surface area (Å²) in [7, 11) is -4.30. The highest BCUT2D eigenvalue weighted by molar-refractivity contribution is 7.53. The van der Waals surface area contributed by atoms with Crippen LogP contribution in [0.4, 0.5) is 0 Å². The molecule has 10 heteroatoms. The number of rotatable bonds is 9. The van der Waals surface area contributed by atoms with E-state index in [4.69, 9.17) is 9.26 Å². The Kier molecular flexibility index (Phi) is 7.84. The fourth-order valence-electron chi connectivity index (χ4n) is 3.82. The number of aromatic nitrogens is 1. The molecule has 5 N–H and O–H groups in total. The molecule has 1 aliphatic heterocycles. The standard InChI is InChI=1S/C19H32NO8P/c1-5-9-19(4,28-29(25,26)15(22)6-2)10-13-16(23)17(24)18(27-13)12-7-8-14(21)20-11(12)3/h7-8,13,15-18,22-24H,5-6,9-10H2,1-4H3,(H,20,21)(H,25,26)/t13-,15?,16?,17+,18+,19?/m1/s1. The molecule has 1 aromatic heterocycles. The first-order valence-corrected chi connectivity index (χ1v) is 11.5. The Morgan fingerprint density at radius 2 is 1.97 bits per heavy atom. The maximum atomic E-state index is 12.4. The van der Waals surface area contributed by atoms with Crippen LogP contribution in [0.2, 0.25) is 0 Å². The highest BCUT2D eigenvalue weighted by Crippen LogP contribution is 2.53. The van der Waals surface area contributed by atoms with Crippen LogP contribution >= 0.6 is 7.60 Å². The number of aliphatic hydroxyl groups excluding tert-OH is 3. The molecule has 0 aliphatic carbocycles. The topological polar surface area (TPSA) is 149 Å². The van der Waals surface area contributed by atoms with Gasteiger partial charge in [0, 0.05) is 23.7 Å². The van der Waals surface area contributed by atoms with Gasteiger partial charge in [-0.1, -0.05) is 20.3 Å². The Labute approximate surface area is 170 Å². The summed E-state index contributed by atoms with van der Waals surface area (Å²) in [5.41, 5.74) is -0.373. The number of aryl methyl sites for hydroxylation is 1. The van der Waals surface area contributed by atoms with Gasteiger partial charge in [-0.3, -0.25) is 9.36 Å². The van der Waals surface area contributed by atoms with E-state index in [1.165, 1.54) is 6.07 Å². The van der Waals surface area contributed by atoms with Crippen molar-refractivity contribution in [2.75, 3.05) is 0 Å². The number of nitrogens with one attached hydrogen (secondary N) is 1.